The summed E-state index contributed by atoms with van der Waals surface area (Å²) in [7, 11) is -3.78. The molecule has 0 saturated carbocycles. The second-order valence-electron chi connectivity index (χ2n) is 3.69. The standard InChI is InChI=1S/C11H15ClNO6P/c1-3-17-20(16,18-7-6-12)19-11-5-4-10(13(14)15)8-9(11)2/h4-5,8H,3,6-7H2,1-2H3. The Hall–Kier alpha value is -1.14. The molecule has 112 valence electrons. The average Bonchev–Trinajstić information content (AvgIpc) is 2.39. The number of hydrogen-bond acceptors (Lipinski definition) is 6. The summed E-state index contributed by atoms with van der Waals surface area (Å²) in [5.74, 6) is 0.335. The van der Waals surface area contributed by atoms with Crippen molar-refractivity contribution in [2.75, 3.05) is 19.1 Å². The molecule has 20 heavy (non-hydrogen) atoms. The van der Waals surface area contributed by atoms with Gasteiger partial charge in [-0.15, -0.1) is 11.6 Å². The SMILES string of the molecule is CCOP(=O)(OCCCl)Oc1ccc([N+](=O)[O-])cc1C. The van der Waals surface area contributed by atoms with Gasteiger partial charge in [0.2, 0.25) is 0 Å². The molecular weight excluding hydrogens is 309 g/mol. The monoisotopic (exact) mass is 323 g/mol. The van der Waals surface area contributed by atoms with Crippen LogP contribution in [0.5, 0.6) is 5.75 Å². The largest absolute Gasteiger partial charge is 0.530 e. The lowest BCUT2D eigenvalue weighted by molar-refractivity contribution is -0.384. The topological polar surface area (TPSA) is 87.9 Å². The van der Waals surface area contributed by atoms with Crippen molar-refractivity contribution in [2.24, 2.45) is 0 Å². The minimum Gasteiger partial charge on any atom is -0.404 e. The van der Waals surface area contributed by atoms with Gasteiger partial charge >= 0.3 is 7.82 Å². The van der Waals surface area contributed by atoms with E-state index in [-0.39, 0.29) is 30.5 Å². The Morgan fingerprint density at radius 3 is 2.60 bits per heavy atom. The second-order valence-corrected chi connectivity index (χ2v) is 5.66. The summed E-state index contributed by atoms with van der Waals surface area (Å²) >= 11 is 5.47. The van der Waals surface area contributed by atoms with Crippen LogP contribution in [0.25, 0.3) is 0 Å². The summed E-state index contributed by atoms with van der Waals surface area (Å²) in [6.07, 6.45) is 0. The number of nitro groups is 1. The van der Waals surface area contributed by atoms with Gasteiger partial charge in [-0.25, -0.2) is 4.57 Å². The molecule has 1 atom stereocenters. The highest BCUT2D eigenvalue weighted by Crippen LogP contribution is 2.50. The molecule has 0 heterocycles. The Morgan fingerprint density at radius 2 is 2.10 bits per heavy atom. The molecular formula is C11H15ClNO6P. The van der Waals surface area contributed by atoms with Crippen LogP contribution >= 0.6 is 19.4 Å². The van der Waals surface area contributed by atoms with E-state index in [1.807, 2.05) is 0 Å². The van der Waals surface area contributed by atoms with E-state index in [9.17, 15) is 14.7 Å². The highest BCUT2D eigenvalue weighted by atomic mass is 35.5. The number of rotatable bonds is 8. The fourth-order valence-corrected chi connectivity index (χ4v) is 2.81. The number of halogens is 1. The van der Waals surface area contributed by atoms with Crippen molar-refractivity contribution in [3.63, 3.8) is 0 Å². The summed E-state index contributed by atoms with van der Waals surface area (Å²) in [4.78, 5) is 10.1. The van der Waals surface area contributed by atoms with Crippen molar-refractivity contribution in [2.45, 2.75) is 13.8 Å². The van der Waals surface area contributed by atoms with E-state index in [1.165, 1.54) is 18.2 Å². The summed E-state index contributed by atoms with van der Waals surface area (Å²) in [6.45, 7) is 3.37. The van der Waals surface area contributed by atoms with Gasteiger partial charge in [-0.3, -0.25) is 19.2 Å². The third-order valence-corrected chi connectivity index (χ3v) is 3.84. The molecule has 1 aromatic rings. The van der Waals surface area contributed by atoms with E-state index in [1.54, 1.807) is 13.8 Å². The number of nitrogens with zero attached hydrogens (tertiary/aromatic N) is 1. The van der Waals surface area contributed by atoms with Crippen LogP contribution < -0.4 is 4.52 Å². The lowest BCUT2D eigenvalue weighted by Gasteiger charge is -2.18. The molecule has 1 unspecified atom stereocenters. The Morgan fingerprint density at radius 1 is 1.40 bits per heavy atom. The van der Waals surface area contributed by atoms with Gasteiger partial charge in [0.15, 0.2) is 0 Å². The van der Waals surface area contributed by atoms with Crippen LogP contribution in [0, 0.1) is 17.0 Å². The van der Waals surface area contributed by atoms with E-state index in [4.69, 9.17) is 25.2 Å². The molecule has 0 aliphatic rings. The van der Waals surface area contributed by atoms with E-state index in [0.29, 0.717) is 5.56 Å². The van der Waals surface area contributed by atoms with Gasteiger partial charge in [0.05, 0.1) is 18.1 Å². The molecule has 0 aliphatic carbocycles. The quantitative estimate of drug-likeness (QED) is 0.314. The van der Waals surface area contributed by atoms with Gasteiger partial charge in [-0.2, -0.15) is 0 Å². The highest BCUT2D eigenvalue weighted by Gasteiger charge is 2.28. The molecule has 0 fully saturated rings. The molecule has 0 spiro atoms. The molecule has 1 aromatic carbocycles. The minimum atomic E-state index is -3.78. The first kappa shape index (κ1) is 16.9. The van der Waals surface area contributed by atoms with Gasteiger partial charge in [-0.05, 0) is 25.5 Å². The first-order valence-electron chi connectivity index (χ1n) is 5.81. The van der Waals surface area contributed by atoms with Gasteiger partial charge in [0.1, 0.15) is 5.75 Å². The molecule has 7 nitrogen and oxygen atoms in total. The first-order chi connectivity index (χ1) is 9.41. The van der Waals surface area contributed by atoms with Crippen molar-refractivity contribution >= 4 is 25.1 Å². The molecule has 0 radical (unpaired) electrons. The highest BCUT2D eigenvalue weighted by molar-refractivity contribution is 7.48. The number of phosphoric acid groups is 1. The minimum absolute atomic E-state index is 0.00482. The van der Waals surface area contributed by atoms with E-state index < -0.39 is 12.7 Å². The van der Waals surface area contributed by atoms with Crippen LogP contribution in [0.15, 0.2) is 18.2 Å². The van der Waals surface area contributed by atoms with Crippen LogP contribution in [-0.4, -0.2) is 24.0 Å². The maximum atomic E-state index is 12.3. The second kappa shape index (κ2) is 7.59. The summed E-state index contributed by atoms with van der Waals surface area (Å²) in [5, 5.41) is 10.6. The molecule has 0 bridgehead atoms. The van der Waals surface area contributed by atoms with Crippen molar-refractivity contribution in [1.82, 2.24) is 0 Å². The molecule has 0 N–H and O–H groups in total. The predicted octanol–water partition coefficient (Wildman–Crippen LogP) is 3.68. The van der Waals surface area contributed by atoms with Crippen molar-refractivity contribution < 1.29 is 23.1 Å². The maximum Gasteiger partial charge on any atom is 0.530 e. The number of alkyl halides is 1. The smallest absolute Gasteiger partial charge is 0.404 e. The fraction of sp³-hybridized carbons (Fsp3) is 0.455. The van der Waals surface area contributed by atoms with E-state index in [0.717, 1.165) is 0 Å². The summed E-state index contributed by atoms with van der Waals surface area (Å²) < 4.78 is 27.5. The number of aryl methyl sites for hydroxylation is 1. The van der Waals surface area contributed by atoms with Gasteiger partial charge < -0.3 is 4.52 Å². The van der Waals surface area contributed by atoms with Crippen LogP contribution in [0.3, 0.4) is 0 Å². The Kier molecular flexibility index (Phi) is 6.42. The molecule has 1 rings (SSSR count). The first-order valence-corrected chi connectivity index (χ1v) is 7.81. The normalized spacial score (nSPS) is 13.8. The molecule has 0 saturated heterocycles. The predicted molar refractivity (Wildman–Crippen MR) is 74.4 cm³/mol. The van der Waals surface area contributed by atoms with Gasteiger partial charge in [-0.1, -0.05) is 0 Å². The summed E-state index contributed by atoms with van der Waals surface area (Å²) in [5.41, 5.74) is 0.372. The lowest BCUT2D eigenvalue weighted by atomic mass is 10.2. The van der Waals surface area contributed by atoms with Crippen LogP contribution in [0.2, 0.25) is 0 Å². The number of benzene rings is 1. The average molecular weight is 324 g/mol. The van der Waals surface area contributed by atoms with Crippen LogP contribution in [-0.2, 0) is 13.6 Å². The molecule has 9 heteroatoms. The van der Waals surface area contributed by atoms with Gasteiger partial charge in [0.25, 0.3) is 5.69 Å². The lowest BCUT2D eigenvalue weighted by Crippen LogP contribution is -2.05. The third kappa shape index (κ3) is 4.76. The van der Waals surface area contributed by atoms with Crippen LogP contribution in [0.4, 0.5) is 5.69 Å². The van der Waals surface area contributed by atoms with E-state index in [2.05, 4.69) is 0 Å². The Balaban J connectivity index is 2.93. The zero-order chi connectivity index (χ0) is 15.2. The zero-order valence-electron chi connectivity index (χ0n) is 11.1. The Labute approximate surface area is 121 Å². The fourth-order valence-electron chi connectivity index (χ4n) is 1.36. The summed E-state index contributed by atoms with van der Waals surface area (Å²) in [6, 6.07) is 3.91. The number of nitro benzene ring substituents is 1. The molecule has 0 aliphatic heterocycles. The number of non-ortho nitro benzene ring substituents is 1. The van der Waals surface area contributed by atoms with E-state index >= 15 is 0 Å². The number of hydrogen-bond donors (Lipinski definition) is 0. The molecule has 0 amide bonds. The van der Waals surface area contributed by atoms with Gasteiger partial charge in [0, 0.05) is 18.0 Å². The number of phosphoric ester groups is 1. The maximum absolute atomic E-state index is 12.3. The van der Waals surface area contributed by atoms with Crippen molar-refractivity contribution in [3.05, 3.63) is 33.9 Å². The van der Waals surface area contributed by atoms with Crippen molar-refractivity contribution in [1.29, 1.82) is 0 Å². The zero-order valence-corrected chi connectivity index (χ0v) is 12.7. The third-order valence-electron chi connectivity index (χ3n) is 2.19. The molecule has 0 aromatic heterocycles. The van der Waals surface area contributed by atoms with Crippen molar-refractivity contribution in [3.8, 4) is 5.75 Å². The van der Waals surface area contributed by atoms with Crippen LogP contribution in [0.1, 0.15) is 12.5 Å². The Bertz CT molecular complexity index is 524.